The van der Waals surface area contributed by atoms with E-state index in [1.807, 2.05) is 12.1 Å². The van der Waals surface area contributed by atoms with Gasteiger partial charge in [-0.25, -0.2) is 4.39 Å². The van der Waals surface area contributed by atoms with Crippen LogP contribution in [0.3, 0.4) is 0 Å². The average Bonchev–Trinajstić information content (AvgIpc) is 3.17. The van der Waals surface area contributed by atoms with Crippen LogP contribution >= 0.6 is 24.0 Å². The Labute approximate surface area is 154 Å². The first kappa shape index (κ1) is 18.3. The predicted molar refractivity (Wildman–Crippen MR) is 104 cm³/mol. The number of halogens is 2. The van der Waals surface area contributed by atoms with E-state index in [0.717, 1.165) is 26.1 Å². The molecule has 0 radical (unpaired) electrons. The first-order valence-electron chi connectivity index (χ1n) is 8.28. The van der Waals surface area contributed by atoms with E-state index in [-0.39, 0.29) is 29.8 Å². The van der Waals surface area contributed by atoms with E-state index in [1.54, 1.807) is 6.07 Å². The second-order valence-corrected chi connectivity index (χ2v) is 6.40. The maximum Gasteiger partial charge on any atom is 0.188 e. The molecule has 3 rings (SSSR count). The summed E-state index contributed by atoms with van der Waals surface area (Å²) in [5, 5.41) is 3.31. The van der Waals surface area contributed by atoms with Crippen LogP contribution < -0.4 is 16.0 Å². The normalized spacial score (nSPS) is 22.2. The van der Waals surface area contributed by atoms with Crippen LogP contribution in [0, 0.1) is 11.7 Å². The Morgan fingerprint density at radius 2 is 2.00 bits per heavy atom. The van der Waals surface area contributed by atoms with Crippen molar-refractivity contribution in [3.63, 3.8) is 0 Å². The van der Waals surface area contributed by atoms with Crippen LogP contribution in [-0.4, -0.2) is 31.6 Å². The third-order valence-electron chi connectivity index (χ3n) is 4.71. The molecular weight excluding hydrogens is 406 g/mol. The quantitative estimate of drug-likeness (QED) is 0.437. The first-order chi connectivity index (χ1) is 10.7. The minimum Gasteiger partial charge on any atom is -0.370 e. The summed E-state index contributed by atoms with van der Waals surface area (Å²) in [5.74, 6) is 0.869. The van der Waals surface area contributed by atoms with Gasteiger partial charge in [0.15, 0.2) is 5.96 Å². The van der Waals surface area contributed by atoms with E-state index in [4.69, 9.17) is 5.73 Å². The lowest BCUT2D eigenvalue weighted by Gasteiger charge is -2.19. The van der Waals surface area contributed by atoms with Crippen LogP contribution in [0.2, 0.25) is 0 Å². The maximum atomic E-state index is 13.8. The van der Waals surface area contributed by atoms with Crippen molar-refractivity contribution >= 4 is 35.6 Å². The van der Waals surface area contributed by atoms with Crippen molar-refractivity contribution in [3.8, 4) is 0 Å². The molecule has 6 heteroatoms. The Morgan fingerprint density at radius 1 is 1.26 bits per heavy atom. The van der Waals surface area contributed by atoms with Crippen LogP contribution in [0.1, 0.15) is 32.1 Å². The number of guanidine groups is 1. The van der Waals surface area contributed by atoms with E-state index >= 15 is 0 Å². The lowest BCUT2D eigenvalue weighted by Crippen LogP contribution is -2.38. The molecule has 1 aromatic rings. The summed E-state index contributed by atoms with van der Waals surface area (Å²) in [6.07, 6.45) is 5.99. The zero-order valence-electron chi connectivity index (χ0n) is 13.4. The molecule has 1 heterocycles. The second-order valence-electron chi connectivity index (χ2n) is 6.40. The highest BCUT2D eigenvalue weighted by atomic mass is 127. The molecule has 0 spiro atoms. The van der Waals surface area contributed by atoms with Gasteiger partial charge in [0.2, 0.25) is 0 Å². The molecule has 23 heavy (non-hydrogen) atoms. The third kappa shape index (κ3) is 4.96. The van der Waals surface area contributed by atoms with E-state index < -0.39 is 0 Å². The number of nitrogens with zero attached hydrogens (tertiary/aromatic N) is 2. The molecule has 1 aromatic carbocycles. The number of anilines is 1. The molecule has 2 fully saturated rings. The predicted octanol–water partition coefficient (Wildman–Crippen LogP) is 3.12. The number of hydrogen-bond donors (Lipinski definition) is 2. The molecule has 1 atom stereocenters. The van der Waals surface area contributed by atoms with E-state index in [9.17, 15) is 4.39 Å². The highest BCUT2D eigenvalue weighted by Crippen LogP contribution is 2.26. The smallest absolute Gasteiger partial charge is 0.188 e. The summed E-state index contributed by atoms with van der Waals surface area (Å²) in [5.41, 5.74) is 6.67. The molecule has 1 aliphatic carbocycles. The fourth-order valence-electron chi connectivity index (χ4n) is 3.46. The van der Waals surface area contributed by atoms with Crippen LogP contribution in [-0.2, 0) is 0 Å². The largest absolute Gasteiger partial charge is 0.370 e. The van der Waals surface area contributed by atoms with Gasteiger partial charge in [-0.1, -0.05) is 25.0 Å². The highest BCUT2D eigenvalue weighted by Gasteiger charge is 2.24. The van der Waals surface area contributed by atoms with Crippen molar-refractivity contribution in [3.05, 3.63) is 30.1 Å². The summed E-state index contributed by atoms with van der Waals surface area (Å²) in [7, 11) is 0. The Kier molecular flexibility index (Phi) is 6.92. The van der Waals surface area contributed by atoms with Crippen LogP contribution in [0.4, 0.5) is 10.1 Å². The molecule has 0 bridgehead atoms. The Morgan fingerprint density at radius 3 is 2.74 bits per heavy atom. The highest BCUT2D eigenvalue weighted by molar-refractivity contribution is 14.0. The van der Waals surface area contributed by atoms with Gasteiger partial charge in [-0.2, -0.15) is 0 Å². The van der Waals surface area contributed by atoms with Crippen molar-refractivity contribution in [2.45, 2.75) is 38.1 Å². The first-order valence-corrected chi connectivity index (χ1v) is 8.28. The minimum absolute atomic E-state index is 0. The van der Waals surface area contributed by atoms with Gasteiger partial charge in [0.25, 0.3) is 0 Å². The van der Waals surface area contributed by atoms with E-state index in [0.29, 0.717) is 23.6 Å². The van der Waals surface area contributed by atoms with Crippen molar-refractivity contribution < 1.29 is 4.39 Å². The van der Waals surface area contributed by atoms with Gasteiger partial charge in [0.1, 0.15) is 5.82 Å². The summed E-state index contributed by atoms with van der Waals surface area (Å²) in [6, 6.07) is 7.48. The summed E-state index contributed by atoms with van der Waals surface area (Å²) >= 11 is 0. The fourth-order valence-corrected chi connectivity index (χ4v) is 3.46. The molecular formula is C17H26FIN4. The van der Waals surface area contributed by atoms with Crippen LogP contribution in [0.15, 0.2) is 29.3 Å². The van der Waals surface area contributed by atoms with Gasteiger partial charge in [0.05, 0.1) is 5.69 Å². The number of nitrogens with two attached hydrogens (primary N) is 1. The van der Waals surface area contributed by atoms with E-state index in [2.05, 4.69) is 15.2 Å². The van der Waals surface area contributed by atoms with Gasteiger partial charge in [0, 0.05) is 25.7 Å². The Bertz CT molecular complexity index is 531. The standard InChI is InChI=1S/C17H25FN4.HI/c18-15-7-3-4-8-16(15)22-10-9-13(12-22)11-20-17(19)21-14-5-1-2-6-14;/h3-4,7-8,13-14H,1-2,5-6,9-12H2,(H3,19,20,21);1H. The topological polar surface area (TPSA) is 53.6 Å². The lowest BCUT2D eigenvalue weighted by molar-refractivity contribution is 0.588. The number of hydrogen-bond acceptors (Lipinski definition) is 2. The lowest BCUT2D eigenvalue weighted by atomic mass is 10.1. The fraction of sp³-hybridized carbons (Fsp3) is 0.588. The Hall–Kier alpha value is -1.05. The monoisotopic (exact) mass is 432 g/mol. The van der Waals surface area contributed by atoms with Crippen molar-refractivity contribution in [1.82, 2.24) is 5.32 Å². The van der Waals surface area contributed by atoms with Crippen molar-refractivity contribution in [2.24, 2.45) is 16.6 Å². The number of nitrogens with one attached hydrogen (secondary N) is 1. The van der Waals surface area contributed by atoms with Crippen LogP contribution in [0.25, 0.3) is 0 Å². The molecule has 1 saturated carbocycles. The molecule has 0 aromatic heterocycles. The summed E-state index contributed by atoms with van der Waals surface area (Å²) in [6.45, 7) is 2.45. The van der Waals surface area contributed by atoms with Gasteiger partial charge in [-0.05, 0) is 37.3 Å². The van der Waals surface area contributed by atoms with Gasteiger partial charge >= 0.3 is 0 Å². The molecule has 128 valence electrons. The molecule has 4 nitrogen and oxygen atoms in total. The number of aliphatic imine (C=N–C) groups is 1. The van der Waals surface area contributed by atoms with Crippen molar-refractivity contribution in [1.29, 1.82) is 0 Å². The van der Waals surface area contributed by atoms with Crippen LogP contribution in [0.5, 0.6) is 0 Å². The number of rotatable bonds is 4. The Balaban J connectivity index is 0.00000192. The maximum absolute atomic E-state index is 13.8. The summed E-state index contributed by atoms with van der Waals surface area (Å²) < 4.78 is 13.8. The third-order valence-corrected chi connectivity index (χ3v) is 4.71. The zero-order valence-corrected chi connectivity index (χ0v) is 15.7. The molecule has 1 saturated heterocycles. The molecule has 3 N–H and O–H groups in total. The van der Waals surface area contributed by atoms with Crippen molar-refractivity contribution in [2.75, 3.05) is 24.5 Å². The second kappa shape index (κ2) is 8.70. The van der Waals surface area contributed by atoms with Gasteiger partial charge in [-0.15, -0.1) is 24.0 Å². The number of benzene rings is 1. The average molecular weight is 432 g/mol. The summed E-state index contributed by atoms with van der Waals surface area (Å²) in [4.78, 5) is 6.59. The van der Waals surface area contributed by atoms with Gasteiger partial charge < -0.3 is 16.0 Å². The van der Waals surface area contributed by atoms with E-state index in [1.165, 1.54) is 31.7 Å². The van der Waals surface area contributed by atoms with Gasteiger partial charge in [-0.3, -0.25) is 4.99 Å². The molecule has 1 aliphatic heterocycles. The zero-order chi connectivity index (χ0) is 15.4. The molecule has 1 unspecified atom stereocenters. The number of para-hydroxylation sites is 1. The SMILES string of the molecule is I.NC(=NCC1CCN(c2ccccc2F)C1)NC1CCCC1. The minimum atomic E-state index is -0.144. The molecule has 0 amide bonds. The molecule has 2 aliphatic rings.